The van der Waals surface area contributed by atoms with Crippen LogP contribution in [0.1, 0.15) is 69.7 Å². The van der Waals surface area contributed by atoms with E-state index in [2.05, 4.69) is 13.8 Å². The van der Waals surface area contributed by atoms with Crippen molar-refractivity contribution in [2.45, 2.75) is 65.5 Å². The van der Waals surface area contributed by atoms with Crippen molar-refractivity contribution >= 4 is 17.4 Å². The lowest BCUT2D eigenvalue weighted by Gasteiger charge is -2.26. The van der Waals surface area contributed by atoms with E-state index in [1.165, 1.54) is 0 Å². The van der Waals surface area contributed by atoms with Crippen LogP contribution in [0, 0.1) is 0 Å². The largest absolute Gasteiger partial charge is 0.507 e. The molecule has 0 aromatic heterocycles. The Morgan fingerprint density at radius 3 is 2.41 bits per heavy atom. The molecule has 1 aliphatic rings. The molecule has 0 radical (unpaired) electrons. The molecule has 1 saturated heterocycles. The van der Waals surface area contributed by atoms with Gasteiger partial charge in [0.25, 0.3) is 11.7 Å². The Hall–Kier alpha value is -3.08. The lowest BCUT2D eigenvalue weighted by atomic mass is 9.94. The van der Waals surface area contributed by atoms with Gasteiger partial charge in [0.1, 0.15) is 11.5 Å². The number of aliphatic hydroxyl groups is 1. The van der Waals surface area contributed by atoms with Crippen LogP contribution in [-0.4, -0.2) is 34.3 Å². The number of likely N-dealkylation sites (tertiary alicyclic amines) is 1. The van der Waals surface area contributed by atoms with Gasteiger partial charge in [-0.2, -0.15) is 0 Å². The number of aryl methyl sites for hydroxylation is 1. The van der Waals surface area contributed by atoms with Crippen molar-refractivity contribution in [3.63, 3.8) is 0 Å². The molecule has 0 bridgehead atoms. The Bertz CT molecular complexity index is 991. The highest BCUT2D eigenvalue weighted by molar-refractivity contribution is 6.46. The second-order valence-corrected chi connectivity index (χ2v) is 8.49. The summed E-state index contributed by atoms with van der Waals surface area (Å²) in [6.07, 6.45) is 3.65. The van der Waals surface area contributed by atoms with Crippen LogP contribution in [-0.2, 0) is 16.0 Å². The van der Waals surface area contributed by atoms with Gasteiger partial charge in [-0.1, -0.05) is 63.1 Å². The van der Waals surface area contributed by atoms with Crippen molar-refractivity contribution < 1.29 is 19.4 Å². The number of carbonyl (C=O) groups is 2. The zero-order valence-electron chi connectivity index (χ0n) is 19.4. The number of benzene rings is 2. The van der Waals surface area contributed by atoms with E-state index in [0.29, 0.717) is 17.9 Å². The molecule has 5 nitrogen and oxygen atoms in total. The summed E-state index contributed by atoms with van der Waals surface area (Å²) in [6, 6.07) is 14.3. The normalized spacial score (nSPS) is 17.9. The molecule has 1 heterocycles. The summed E-state index contributed by atoms with van der Waals surface area (Å²) in [5, 5.41) is 11.2. The first-order valence-corrected chi connectivity index (χ1v) is 11.5. The van der Waals surface area contributed by atoms with E-state index in [0.717, 1.165) is 36.8 Å². The van der Waals surface area contributed by atoms with Crippen LogP contribution >= 0.6 is 0 Å². The van der Waals surface area contributed by atoms with Crippen molar-refractivity contribution in [1.29, 1.82) is 0 Å². The third-order valence-electron chi connectivity index (χ3n) is 5.72. The molecule has 0 aliphatic carbocycles. The highest BCUT2D eigenvalue weighted by atomic mass is 16.5. The van der Waals surface area contributed by atoms with E-state index in [4.69, 9.17) is 4.74 Å². The second kappa shape index (κ2) is 10.5. The molecule has 3 rings (SSSR count). The molecule has 1 fully saturated rings. The molecular weight excluding hydrogens is 402 g/mol. The molecular formula is C27H33NO4. The number of Topliss-reactive ketones (excluding diaryl/α,β-unsaturated/α-hetero) is 1. The highest BCUT2D eigenvalue weighted by Crippen LogP contribution is 2.40. The summed E-state index contributed by atoms with van der Waals surface area (Å²) in [4.78, 5) is 27.7. The number of hydrogen-bond donors (Lipinski definition) is 1. The van der Waals surface area contributed by atoms with Crippen LogP contribution in [0.3, 0.4) is 0 Å². The average Bonchev–Trinajstić information content (AvgIpc) is 3.03. The number of nitrogens with zero attached hydrogens (tertiary/aromatic N) is 1. The van der Waals surface area contributed by atoms with Crippen molar-refractivity contribution in [3.8, 4) is 5.75 Å². The van der Waals surface area contributed by atoms with Crippen molar-refractivity contribution in [3.05, 3.63) is 70.8 Å². The molecule has 32 heavy (non-hydrogen) atoms. The SMILES string of the molecule is CCCCCN1C(=O)C(=O)/C(=C(\O)c2ccc(CC)cc2)C1c1cccc(OC(C)C)c1. The standard InChI is InChI=1S/C27H33NO4/c1-5-7-8-16-28-24(21-10-9-11-22(17-21)32-18(3)4)23(26(30)27(28)31)25(29)20-14-12-19(6-2)13-15-20/h9-15,17-18,24,29H,5-8,16H2,1-4H3/b25-23-. The van der Waals surface area contributed by atoms with Gasteiger partial charge in [0.15, 0.2) is 0 Å². The summed E-state index contributed by atoms with van der Waals surface area (Å²) in [5.41, 5.74) is 2.56. The number of carbonyl (C=O) groups excluding carboxylic acids is 2. The molecule has 1 aliphatic heterocycles. The van der Waals surface area contributed by atoms with E-state index in [-0.39, 0.29) is 17.4 Å². The first kappa shape index (κ1) is 23.6. The molecule has 5 heteroatoms. The number of amides is 1. The lowest BCUT2D eigenvalue weighted by molar-refractivity contribution is -0.139. The summed E-state index contributed by atoms with van der Waals surface area (Å²) in [5.74, 6) is -0.667. The summed E-state index contributed by atoms with van der Waals surface area (Å²) in [7, 11) is 0. The third-order valence-corrected chi connectivity index (χ3v) is 5.72. The third kappa shape index (κ3) is 5.04. The summed E-state index contributed by atoms with van der Waals surface area (Å²) in [6.45, 7) is 8.51. The van der Waals surface area contributed by atoms with Gasteiger partial charge in [0, 0.05) is 12.1 Å². The second-order valence-electron chi connectivity index (χ2n) is 8.49. The minimum atomic E-state index is -0.645. The number of aliphatic hydroxyl groups excluding tert-OH is 1. The zero-order chi connectivity index (χ0) is 23.3. The predicted molar refractivity (Wildman–Crippen MR) is 127 cm³/mol. The smallest absolute Gasteiger partial charge is 0.295 e. The molecule has 1 unspecified atom stereocenters. The van der Waals surface area contributed by atoms with Gasteiger partial charge in [-0.05, 0) is 49.9 Å². The fraction of sp³-hybridized carbons (Fsp3) is 0.407. The Kier molecular flexibility index (Phi) is 7.73. The number of ketones is 1. The van der Waals surface area contributed by atoms with Crippen LogP contribution in [0.4, 0.5) is 0 Å². The summed E-state index contributed by atoms with van der Waals surface area (Å²) < 4.78 is 5.84. The maximum absolute atomic E-state index is 13.1. The van der Waals surface area contributed by atoms with E-state index >= 15 is 0 Å². The predicted octanol–water partition coefficient (Wildman–Crippen LogP) is 5.65. The highest BCUT2D eigenvalue weighted by Gasteiger charge is 2.45. The fourth-order valence-corrected chi connectivity index (χ4v) is 4.07. The minimum Gasteiger partial charge on any atom is -0.507 e. The lowest BCUT2D eigenvalue weighted by Crippen LogP contribution is -2.30. The number of unbranched alkanes of at least 4 members (excludes halogenated alkanes) is 2. The maximum Gasteiger partial charge on any atom is 0.295 e. The Morgan fingerprint density at radius 1 is 1.06 bits per heavy atom. The van der Waals surface area contributed by atoms with Crippen LogP contribution < -0.4 is 4.74 Å². The Morgan fingerprint density at radius 2 is 1.78 bits per heavy atom. The van der Waals surface area contributed by atoms with E-state index < -0.39 is 17.7 Å². The molecule has 2 aromatic rings. The van der Waals surface area contributed by atoms with Crippen LogP contribution in [0.2, 0.25) is 0 Å². The average molecular weight is 436 g/mol. The van der Waals surface area contributed by atoms with Crippen molar-refractivity contribution in [2.24, 2.45) is 0 Å². The number of ether oxygens (including phenoxy) is 1. The molecule has 0 spiro atoms. The molecule has 1 N–H and O–H groups in total. The molecule has 0 saturated carbocycles. The molecule has 1 atom stereocenters. The van der Waals surface area contributed by atoms with E-state index in [1.54, 1.807) is 17.0 Å². The van der Waals surface area contributed by atoms with Gasteiger partial charge in [0.05, 0.1) is 17.7 Å². The Labute approximate surface area is 190 Å². The van der Waals surface area contributed by atoms with E-state index in [9.17, 15) is 14.7 Å². The minimum absolute atomic E-state index is 0.00163. The number of rotatable bonds is 9. The van der Waals surface area contributed by atoms with Gasteiger partial charge in [0.2, 0.25) is 0 Å². The van der Waals surface area contributed by atoms with Gasteiger partial charge in [-0.3, -0.25) is 9.59 Å². The maximum atomic E-state index is 13.1. The van der Waals surface area contributed by atoms with E-state index in [1.807, 2.05) is 50.2 Å². The van der Waals surface area contributed by atoms with Crippen LogP contribution in [0.15, 0.2) is 54.1 Å². The van der Waals surface area contributed by atoms with Crippen LogP contribution in [0.5, 0.6) is 5.75 Å². The summed E-state index contributed by atoms with van der Waals surface area (Å²) >= 11 is 0. The van der Waals surface area contributed by atoms with Gasteiger partial charge in [-0.25, -0.2) is 0 Å². The topological polar surface area (TPSA) is 66.8 Å². The van der Waals surface area contributed by atoms with Crippen molar-refractivity contribution in [2.75, 3.05) is 6.54 Å². The van der Waals surface area contributed by atoms with Gasteiger partial charge in [-0.15, -0.1) is 0 Å². The quantitative estimate of drug-likeness (QED) is 0.239. The number of hydrogen-bond acceptors (Lipinski definition) is 4. The molecule has 170 valence electrons. The van der Waals surface area contributed by atoms with Gasteiger partial charge < -0.3 is 14.7 Å². The van der Waals surface area contributed by atoms with Crippen molar-refractivity contribution in [1.82, 2.24) is 4.90 Å². The first-order valence-electron chi connectivity index (χ1n) is 11.5. The first-order chi connectivity index (χ1) is 15.4. The zero-order valence-corrected chi connectivity index (χ0v) is 19.4. The monoisotopic (exact) mass is 435 g/mol. The van der Waals surface area contributed by atoms with Crippen LogP contribution in [0.25, 0.3) is 5.76 Å². The fourth-order valence-electron chi connectivity index (χ4n) is 4.07. The van der Waals surface area contributed by atoms with Gasteiger partial charge >= 0.3 is 0 Å². The Balaban J connectivity index is 2.10. The molecule has 2 aromatic carbocycles. The molecule has 1 amide bonds.